The van der Waals surface area contributed by atoms with E-state index in [0.717, 1.165) is 4.31 Å². The highest BCUT2D eigenvalue weighted by molar-refractivity contribution is 7.93. The van der Waals surface area contributed by atoms with Crippen LogP contribution in [0.4, 0.5) is 14.5 Å². The molecule has 2 rings (SSSR count). The van der Waals surface area contributed by atoms with Crippen LogP contribution in [0.25, 0.3) is 0 Å². The van der Waals surface area contributed by atoms with Crippen LogP contribution in [-0.2, 0) is 16.4 Å². The van der Waals surface area contributed by atoms with Crippen molar-refractivity contribution in [2.24, 2.45) is 0 Å². The SMILES string of the molecule is CC(C)c1cc2c(cn1)CCN2S(=O)(=O)C(F)F. The smallest absolute Gasteiger partial charge is 0.265 e. The number of anilines is 1. The normalized spacial score (nSPS) is 15.6. The van der Waals surface area contributed by atoms with E-state index in [4.69, 9.17) is 0 Å². The molecule has 0 spiro atoms. The van der Waals surface area contributed by atoms with E-state index in [0.29, 0.717) is 23.4 Å². The Morgan fingerprint density at radius 3 is 2.61 bits per heavy atom. The summed E-state index contributed by atoms with van der Waals surface area (Å²) in [6.07, 6.45) is 2.00. The predicted molar refractivity (Wildman–Crippen MR) is 64.3 cm³/mol. The van der Waals surface area contributed by atoms with Crippen LogP contribution in [0, 0.1) is 0 Å². The molecule has 1 aromatic heterocycles. The Labute approximate surface area is 105 Å². The second-order valence-electron chi connectivity index (χ2n) is 4.52. The van der Waals surface area contributed by atoms with Crippen molar-refractivity contribution in [2.75, 3.05) is 10.8 Å². The molecule has 0 aromatic carbocycles. The maximum Gasteiger partial charge on any atom is 0.355 e. The summed E-state index contributed by atoms with van der Waals surface area (Å²) in [5, 5.41) is 0. The van der Waals surface area contributed by atoms with Crippen LogP contribution in [-0.4, -0.2) is 25.7 Å². The zero-order valence-electron chi connectivity index (χ0n) is 10.1. The molecule has 1 aromatic rings. The van der Waals surface area contributed by atoms with E-state index < -0.39 is 15.8 Å². The molecule has 0 aliphatic carbocycles. The predicted octanol–water partition coefficient (Wildman–Crippen LogP) is 2.12. The van der Waals surface area contributed by atoms with E-state index in [1.54, 1.807) is 12.3 Å². The number of fused-ring (bicyclic) bond motifs is 1. The Balaban J connectivity index is 2.47. The number of pyridine rings is 1. The standard InChI is InChI=1S/C11H14F2N2O2S/c1-7(2)9-5-10-8(6-14-9)3-4-15(10)18(16,17)11(12)13/h5-7,11H,3-4H2,1-2H3. The molecule has 1 aliphatic heterocycles. The monoisotopic (exact) mass is 276 g/mol. The van der Waals surface area contributed by atoms with Gasteiger partial charge in [0, 0.05) is 18.4 Å². The maximum absolute atomic E-state index is 12.6. The number of nitrogens with zero attached hydrogens (tertiary/aromatic N) is 2. The van der Waals surface area contributed by atoms with E-state index in [-0.39, 0.29) is 12.5 Å². The Bertz CT molecular complexity index is 558. The van der Waals surface area contributed by atoms with Gasteiger partial charge in [0.15, 0.2) is 0 Å². The van der Waals surface area contributed by atoms with Gasteiger partial charge in [0.2, 0.25) is 0 Å². The zero-order valence-corrected chi connectivity index (χ0v) is 10.9. The molecular formula is C11H14F2N2O2S. The number of sulfonamides is 1. The van der Waals surface area contributed by atoms with Crippen molar-refractivity contribution in [1.82, 2.24) is 4.98 Å². The number of hydrogen-bond donors (Lipinski definition) is 0. The Kier molecular flexibility index (Phi) is 3.27. The van der Waals surface area contributed by atoms with Gasteiger partial charge in [-0.1, -0.05) is 13.8 Å². The van der Waals surface area contributed by atoms with Gasteiger partial charge in [-0.2, -0.15) is 8.78 Å². The topological polar surface area (TPSA) is 50.3 Å². The molecule has 0 unspecified atom stereocenters. The second-order valence-corrected chi connectivity index (χ2v) is 6.35. The summed E-state index contributed by atoms with van der Waals surface area (Å²) in [5.74, 6) is -3.27. The van der Waals surface area contributed by atoms with Gasteiger partial charge >= 0.3 is 5.76 Å². The Morgan fingerprint density at radius 2 is 2.06 bits per heavy atom. The molecule has 0 amide bonds. The summed E-state index contributed by atoms with van der Waals surface area (Å²) in [5.41, 5.74) is 1.74. The van der Waals surface area contributed by atoms with Crippen LogP contribution >= 0.6 is 0 Å². The lowest BCUT2D eigenvalue weighted by Gasteiger charge is -2.19. The maximum atomic E-state index is 12.6. The fourth-order valence-electron chi connectivity index (χ4n) is 1.93. The highest BCUT2D eigenvalue weighted by atomic mass is 32.2. The summed E-state index contributed by atoms with van der Waals surface area (Å²) < 4.78 is 49.0. The molecule has 0 saturated heterocycles. The average molecular weight is 276 g/mol. The van der Waals surface area contributed by atoms with Gasteiger partial charge in [-0.3, -0.25) is 9.29 Å². The van der Waals surface area contributed by atoms with Crippen LogP contribution in [0.3, 0.4) is 0 Å². The molecule has 0 bridgehead atoms. The molecule has 100 valence electrons. The molecule has 4 nitrogen and oxygen atoms in total. The first kappa shape index (κ1) is 13.2. The molecule has 0 radical (unpaired) electrons. The summed E-state index contributed by atoms with van der Waals surface area (Å²) in [6, 6.07) is 1.59. The fourth-order valence-corrected chi connectivity index (χ4v) is 2.91. The highest BCUT2D eigenvalue weighted by Crippen LogP contribution is 2.33. The van der Waals surface area contributed by atoms with Gasteiger partial charge in [-0.15, -0.1) is 0 Å². The summed E-state index contributed by atoms with van der Waals surface area (Å²) in [7, 11) is -4.56. The van der Waals surface area contributed by atoms with Gasteiger partial charge < -0.3 is 0 Å². The number of hydrogen-bond acceptors (Lipinski definition) is 3. The second kappa shape index (κ2) is 4.46. The fraction of sp³-hybridized carbons (Fsp3) is 0.545. The van der Waals surface area contributed by atoms with Crippen molar-refractivity contribution < 1.29 is 17.2 Å². The first-order chi connectivity index (χ1) is 8.34. The third kappa shape index (κ3) is 2.07. The molecule has 0 N–H and O–H groups in total. The largest absolute Gasteiger partial charge is 0.355 e. The van der Waals surface area contributed by atoms with E-state index >= 15 is 0 Å². The average Bonchev–Trinajstić information content (AvgIpc) is 2.71. The van der Waals surface area contributed by atoms with Gasteiger partial charge in [-0.25, -0.2) is 8.42 Å². The van der Waals surface area contributed by atoms with Crippen LogP contribution in [0.2, 0.25) is 0 Å². The molecule has 0 saturated carbocycles. The van der Waals surface area contributed by atoms with Crippen LogP contribution in [0.5, 0.6) is 0 Å². The minimum atomic E-state index is -4.56. The summed E-state index contributed by atoms with van der Waals surface area (Å²) >= 11 is 0. The summed E-state index contributed by atoms with van der Waals surface area (Å²) in [6.45, 7) is 3.89. The van der Waals surface area contributed by atoms with Gasteiger partial charge in [-0.05, 0) is 24.0 Å². The molecule has 1 aliphatic rings. The van der Waals surface area contributed by atoms with Crippen LogP contribution in [0.1, 0.15) is 31.0 Å². The van der Waals surface area contributed by atoms with Crippen molar-refractivity contribution in [3.05, 3.63) is 23.5 Å². The molecular weight excluding hydrogens is 262 g/mol. The van der Waals surface area contributed by atoms with Gasteiger partial charge in [0.25, 0.3) is 10.0 Å². The number of alkyl halides is 2. The minimum absolute atomic E-state index is 0.0607. The molecule has 18 heavy (non-hydrogen) atoms. The summed E-state index contributed by atoms with van der Waals surface area (Å²) in [4.78, 5) is 4.20. The molecule has 2 heterocycles. The van der Waals surface area contributed by atoms with Crippen molar-refractivity contribution in [3.63, 3.8) is 0 Å². The highest BCUT2D eigenvalue weighted by Gasteiger charge is 2.36. The number of rotatable bonds is 3. The Hall–Kier alpha value is -1.24. The number of aromatic nitrogens is 1. The molecule has 0 fully saturated rings. The lowest BCUT2D eigenvalue weighted by molar-refractivity contribution is 0.234. The van der Waals surface area contributed by atoms with Gasteiger partial charge in [0.05, 0.1) is 5.69 Å². The first-order valence-electron chi connectivity index (χ1n) is 5.62. The van der Waals surface area contributed by atoms with Crippen molar-refractivity contribution in [1.29, 1.82) is 0 Å². The van der Waals surface area contributed by atoms with E-state index in [1.807, 2.05) is 13.8 Å². The Morgan fingerprint density at radius 1 is 1.39 bits per heavy atom. The lowest BCUT2D eigenvalue weighted by Crippen LogP contribution is -2.33. The number of halogens is 2. The zero-order chi connectivity index (χ0) is 13.5. The van der Waals surface area contributed by atoms with E-state index in [1.165, 1.54) is 0 Å². The molecule has 7 heteroatoms. The third-order valence-electron chi connectivity index (χ3n) is 2.96. The van der Waals surface area contributed by atoms with Crippen LogP contribution in [0.15, 0.2) is 12.3 Å². The quantitative estimate of drug-likeness (QED) is 0.849. The van der Waals surface area contributed by atoms with Crippen molar-refractivity contribution >= 4 is 15.7 Å². The third-order valence-corrected chi connectivity index (χ3v) is 4.40. The molecule has 0 atom stereocenters. The first-order valence-corrected chi connectivity index (χ1v) is 7.13. The van der Waals surface area contributed by atoms with Crippen molar-refractivity contribution in [2.45, 2.75) is 31.9 Å². The minimum Gasteiger partial charge on any atom is -0.265 e. The lowest BCUT2D eigenvalue weighted by atomic mass is 10.1. The van der Waals surface area contributed by atoms with Crippen LogP contribution < -0.4 is 4.31 Å². The van der Waals surface area contributed by atoms with E-state index in [2.05, 4.69) is 4.98 Å². The van der Waals surface area contributed by atoms with Crippen molar-refractivity contribution in [3.8, 4) is 0 Å². The van der Waals surface area contributed by atoms with Gasteiger partial charge in [0.1, 0.15) is 0 Å². The van der Waals surface area contributed by atoms with E-state index in [9.17, 15) is 17.2 Å².